The van der Waals surface area contributed by atoms with Crippen molar-refractivity contribution in [3.63, 3.8) is 0 Å². The van der Waals surface area contributed by atoms with E-state index >= 15 is 0 Å². The maximum atomic E-state index is 13.3. The van der Waals surface area contributed by atoms with Gasteiger partial charge in [-0.1, -0.05) is 0 Å². The van der Waals surface area contributed by atoms with Crippen LogP contribution in [0.15, 0.2) is 16.9 Å². The highest BCUT2D eigenvalue weighted by atomic mass is 16.2. The monoisotopic (exact) mass is 440 g/mol. The lowest BCUT2D eigenvalue weighted by molar-refractivity contribution is -0.128. The first-order valence-electron chi connectivity index (χ1n) is 10.9. The van der Waals surface area contributed by atoms with Crippen molar-refractivity contribution in [1.29, 1.82) is 0 Å². The van der Waals surface area contributed by atoms with Gasteiger partial charge in [-0.3, -0.25) is 14.4 Å². The smallest absolute Gasteiger partial charge is 0.263 e. The van der Waals surface area contributed by atoms with E-state index in [-0.39, 0.29) is 28.9 Å². The number of piperidine rings is 1. The molecule has 1 N–H and O–H groups in total. The Balaban J connectivity index is 1.88. The fraction of sp³-hybridized carbons (Fsp3) is 0.522. The van der Waals surface area contributed by atoms with Crippen LogP contribution in [0.25, 0.3) is 0 Å². The highest BCUT2D eigenvalue weighted by molar-refractivity contribution is 5.95. The zero-order chi connectivity index (χ0) is 23.6. The molecule has 0 aromatic carbocycles. The van der Waals surface area contributed by atoms with Gasteiger partial charge in [0.2, 0.25) is 5.91 Å². The fourth-order valence-corrected chi connectivity index (χ4v) is 4.05. The van der Waals surface area contributed by atoms with Crippen LogP contribution < -0.4 is 10.9 Å². The molecule has 3 rings (SSSR count). The summed E-state index contributed by atoms with van der Waals surface area (Å²) in [6.45, 7) is 6.57. The van der Waals surface area contributed by atoms with Crippen LogP contribution in [0.1, 0.15) is 58.8 Å². The number of hydrogen-bond donors (Lipinski definition) is 1. The third kappa shape index (κ3) is 4.81. The van der Waals surface area contributed by atoms with Crippen LogP contribution in [0.4, 0.5) is 5.82 Å². The average Bonchev–Trinajstić information content (AvgIpc) is 2.77. The lowest BCUT2D eigenvalue weighted by atomic mass is 9.93. The minimum Gasteiger partial charge on any atom is -0.373 e. The predicted molar refractivity (Wildman–Crippen MR) is 123 cm³/mol. The molecule has 1 fully saturated rings. The molecule has 0 saturated carbocycles. The van der Waals surface area contributed by atoms with Gasteiger partial charge in [-0.2, -0.15) is 0 Å². The number of carbonyl (C=O) groups is 2. The summed E-state index contributed by atoms with van der Waals surface area (Å²) in [7, 11) is 5.19. The number of carbonyl (C=O) groups excluding carboxylic acids is 2. The molecule has 0 spiro atoms. The summed E-state index contributed by atoms with van der Waals surface area (Å²) in [5.74, 6) is 0.963. The molecule has 2 aromatic heterocycles. The second-order valence-corrected chi connectivity index (χ2v) is 8.52. The van der Waals surface area contributed by atoms with Crippen molar-refractivity contribution in [2.45, 2.75) is 46.1 Å². The first kappa shape index (κ1) is 23.4. The van der Waals surface area contributed by atoms with E-state index in [0.717, 1.165) is 24.2 Å². The number of amides is 2. The molecule has 1 atom stereocenters. The summed E-state index contributed by atoms with van der Waals surface area (Å²) in [6, 6.07) is 3.77. The third-order valence-electron chi connectivity index (χ3n) is 6.17. The zero-order valence-electron chi connectivity index (χ0n) is 19.7. The van der Waals surface area contributed by atoms with E-state index in [1.807, 2.05) is 26.0 Å². The molecule has 9 nitrogen and oxygen atoms in total. The molecule has 3 heterocycles. The van der Waals surface area contributed by atoms with Crippen molar-refractivity contribution in [2.75, 3.05) is 32.5 Å². The van der Waals surface area contributed by atoms with Crippen LogP contribution in [0, 0.1) is 13.8 Å². The Kier molecular flexibility index (Phi) is 6.96. The average molecular weight is 441 g/mol. The lowest BCUT2D eigenvalue weighted by Gasteiger charge is -2.33. The molecule has 1 aliphatic rings. The first-order valence-corrected chi connectivity index (χ1v) is 10.9. The molecule has 1 aliphatic heterocycles. The van der Waals surface area contributed by atoms with Crippen LogP contribution in [-0.2, 0) is 18.4 Å². The highest BCUT2D eigenvalue weighted by Gasteiger charge is 2.29. The first-order chi connectivity index (χ1) is 15.1. The molecule has 1 saturated heterocycles. The third-order valence-corrected chi connectivity index (χ3v) is 6.17. The molecule has 2 aromatic rings. The number of likely N-dealkylation sites (tertiary alicyclic amines) is 1. The van der Waals surface area contributed by atoms with Gasteiger partial charge in [0, 0.05) is 58.8 Å². The van der Waals surface area contributed by atoms with E-state index in [4.69, 9.17) is 4.98 Å². The van der Waals surface area contributed by atoms with Gasteiger partial charge in [0.05, 0.1) is 12.2 Å². The van der Waals surface area contributed by atoms with E-state index in [9.17, 15) is 14.4 Å². The number of anilines is 1. The molecule has 0 bridgehead atoms. The van der Waals surface area contributed by atoms with E-state index in [1.165, 1.54) is 11.5 Å². The van der Waals surface area contributed by atoms with Crippen LogP contribution in [0.5, 0.6) is 0 Å². The van der Waals surface area contributed by atoms with Gasteiger partial charge < -0.3 is 19.7 Å². The quantitative estimate of drug-likeness (QED) is 0.761. The van der Waals surface area contributed by atoms with Gasteiger partial charge in [-0.15, -0.1) is 0 Å². The molecule has 9 heteroatoms. The van der Waals surface area contributed by atoms with Crippen molar-refractivity contribution >= 4 is 17.6 Å². The standard InChI is InChI=1S/C23H32N6O3/c1-14-10-15(2)28(6)22(31)21(14)23(32)29-9-7-8-17(12-29)18-11-19(24-4)26-20(25-18)13-27(5)16(3)30/h10-11,17H,7-9,12-13H2,1-6H3,(H,24,25,26). The number of aromatic nitrogens is 3. The highest BCUT2D eigenvalue weighted by Crippen LogP contribution is 2.28. The second kappa shape index (κ2) is 9.50. The summed E-state index contributed by atoms with van der Waals surface area (Å²) in [4.78, 5) is 50.2. The largest absolute Gasteiger partial charge is 0.373 e. The van der Waals surface area contributed by atoms with E-state index in [1.54, 1.807) is 30.9 Å². The molecule has 32 heavy (non-hydrogen) atoms. The maximum Gasteiger partial charge on any atom is 0.263 e. The summed E-state index contributed by atoms with van der Waals surface area (Å²) >= 11 is 0. The van der Waals surface area contributed by atoms with Gasteiger partial charge >= 0.3 is 0 Å². The van der Waals surface area contributed by atoms with Gasteiger partial charge in [-0.25, -0.2) is 9.97 Å². The fourth-order valence-electron chi connectivity index (χ4n) is 4.05. The Bertz CT molecular complexity index is 1090. The number of pyridine rings is 1. The minimum absolute atomic E-state index is 0.0267. The maximum absolute atomic E-state index is 13.3. The van der Waals surface area contributed by atoms with Crippen LogP contribution in [0.2, 0.25) is 0 Å². The van der Waals surface area contributed by atoms with Crippen LogP contribution in [-0.4, -0.2) is 63.3 Å². The van der Waals surface area contributed by atoms with E-state index < -0.39 is 0 Å². The topological polar surface area (TPSA) is 100 Å². The van der Waals surface area contributed by atoms with Crippen molar-refractivity contribution in [3.05, 3.63) is 50.8 Å². The van der Waals surface area contributed by atoms with E-state index in [2.05, 4.69) is 10.3 Å². The Morgan fingerprint density at radius 3 is 2.62 bits per heavy atom. The van der Waals surface area contributed by atoms with Crippen LogP contribution in [0.3, 0.4) is 0 Å². The molecule has 2 amide bonds. The molecule has 172 valence electrons. The Labute approximate surface area is 188 Å². The van der Waals surface area contributed by atoms with Crippen molar-refractivity contribution in [1.82, 2.24) is 24.3 Å². The van der Waals surface area contributed by atoms with Gasteiger partial charge in [0.25, 0.3) is 11.5 Å². The summed E-state index contributed by atoms with van der Waals surface area (Å²) in [5, 5.41) is 3.06. The number of nitrogens with zero attached hydrogens (tertiary/aromatic N) is 5. The van der Waals surface area contributed by atoms with Crippen molar-refractivity contribution < 1.29 is 9.59 Å². The Morgan fingerprint density at radius 1 is 1.25 bits per heavy atom. The Hall–Kier alpha value is -3.23. The number of rotatable bonds is 5. The predicted octanol–water partition coefficient (Wildman–Crippen LogP) is 1.83. The Morgan fingerprint density at radius 2 is 1.97 bits per heavy atom. The van der Waals surface area contributed by atoms with Gasteiger partial charge in [0.15, 0.2) is 0 Å². The summed E-state index contributed by atoms with van der Waals surface area (Å²) in [5.41, 5.74) is 2.34. The number of hydrogen-bond acceptors (Lipinski definition) is 6. The van der Waals surface area contributed by atoms with Crippen molar-refractivity contribution in [2.24, 2.45) is 7.05 Å². The van der Waals surface area contributed by atoms with Crippen LogP contribution >= 0.6 is 0 Å². The van der Waals surface area contributed by atoms with E-state index in [0.29, 0.717) is 36.8 Å². The molecule has 0 radical (unpaired) electrons. The van der Waals surface area contributed by atoms with Crippen molar-refractivity contribution in [3.8, 4) is 0 Å². The summed E-state index contributed by atoms with van der Waals surface area (Å²) < 4.78 is 1.52. The molecule has 1 unspecified atom stereocenters. The van der Waals surface area contributed by atoms with Gasteiger partial charge in [0.1, 0.15) is 17.2 Å². The minimum atomic E-state index is -0.260. The normalized spacial score (nSPS) is 16.1. The SMILES string of the molecule is CNc1cc(C2CCCN(C(=O)c3c(C)cc(C)n(C)c3=O)C2)nc(CN(C)C(C)=O)n1. The molecular formula is C23H32N6O3. The van der Waals surface area contributed by atoms with Gasteiger partial charge in [-0.05, 0) is 38.3 Å². The molecule has 0 aliphatic carbocycles. The lowest BCUT2D eigenvalue weighted by Crippen LogP contribution is -2.42. The number of aryl methyl sites for hydroxylation is 2. The second-order valence-electron chi connectivity index (χ2n) is 8.52. The molecular weight excluding hydrogens is 408 g/mol. The number of nitrogens with one attached hydrogen (secondary N) is 1. The zero-order valence-corrected chi connectivity index (χ0v) is 19.7. The summed E-state index contributed by atoms with van der Waals surface area (Å²) in [6.07, 6.45) is 1.71.